The number of rotatable bonds is 2. The number of nitrogens with zero attached hydrogens (tertiary/aromatic N) is 1. The maximum Gasteiger partial charge on any atom is 0.270 e. The summed E-state index contributed by atoms with van der Waals surface area (Å²) in [4.78, 5) is 36.5. The zero-order valence-electron chi connectivity index (χ0n) is 9.84. The molecule has 3 amide bonds. The predicted octanol–water partition coefficient (Wildman–Crippen LogP) is 0.129. The lowest BCUT2D eigenvalue weighted by Gasteiger charge is -2.15. The Kier molecular flexibility index (Phi) is 2.88. The molecule has 1 aliphatic rings. The SMILES string of the molecule is CCC(N)C(=O)N1C(=O)c2cccc(N)c2C1=O. The molecule has 94 valence electrons. The van der Waals surface area contributed by atoms with Crippen molar-refractivity contribution in [3.05, 3.63) is 29.3 Å². The summed E-state index contributed by atoms with van der Waals surface area (Å²) in [6.07, 6.45) is 0.349. The Morgan fingerprint density at radius 2 is 2.00 bits per heavy atom. The van der Waals surface area contributed by atoms with Crippen LogP contribution >= 0.6 is 0 Å². The molecule has 1 atom stereocenters. The van der Waals surface area contributed by atoms with Crippen LogP contribution < -0.4 is 11.5 Å². The molecule has 1 unspecified atom stereocenters. The van der Waals surface area contributed by atoms with Crippen LogP contribution in [0.25, 0.3) is 0 Å². The van der Waals surface area contributed by atoms with E-state index in [0.29, 0.717) is 11.3 Å². The molecule has 4 N–H and O–H groups in total. The maximum atomic E-state index is 12.0. The predicted molar refractivity (Wildman–Crippen MR) is 64.6 cm³/mol. The van der Waals surface area contributed by atoms with Gasteiger partial charge in [0.1, 0.15) is 0 Å². The second kappa shape index (κ2) is 4.23. The number of benzene rings is 1. The summed E-state index contributed by atoms with van der Waals surface area (Å²) in [5, 5.41) is 0. The molecule has 0 saturated carbocycles. The van der Waals surface area contributed by atoms with Gasteiger partial charge in [0, 0.05) is 5.69 Å². The average Bonchev–Trinajstić information content (AvgIpc) is 2.61. The maximum absolute atomic E-state index is 12.0. The minimum absolute atomic E-state index is 0.0825. The fourth-order valence-corrected chi connectivity index (χ4v) is 1.85. The average molecular weight is 247 g/mol. The number of hydrogen-bond donors (Lipinski definition) is 2. The molecule has 1 aromatic carbocycles. The van der Waals surface area contributed by atoms with Crippen molar-refractivity contribution in [2.24, 2.45) is 5.73 Å². The first-order chi connectivity index (χ1) is 8.49. The van der Waals surface area contributed by atoms with E-state index >= 15 is 0 Å². The van der Waals surface area contributed by atoms with E-state index in [4.69, 9.17) is 11.5 Å². The molecule has 1 aromatic rings. The highest BCUT2D eigenvalue weighted by atomic mass is 16.2. The van der Waals surface area contributed by atoms with Crippen LogP contribution in [0.1, 0.15) is 34.1 Å². The number of anilines is 1. The first-order valence-corrected chi connectivity index (χ1v) is 5.55. The number of nitrogens with two attached hydrogens (primary N) is 2. The second-order valence-corrected chi connectivity index (χ2v) is 4.07. The summed E-state index contributed by atoms with van der Waals surface area (Å²) in [5.74, 6) is -2.04. The van der Waals surface area contributed by atoms with Gasteiger partial charge in [-0.05, 0) is 18.6 Å². The molecule has 0 aromatic heterocycles. The van der Waals surface area contributed by atoms with Gasteiger partial charge in [0.05, 0.1) is 17.2 Å². The van der Waals surface area contributed by atoms with Crippen LogP contribution in [-0.4, -0.2) is 28.7 Å². The summed E-state index contributed by atoms with van der Waals surface area (Å²) < 4.78 is 0. The molecule has 1 aliphatic heterocycles. The number of fused-ring (bicyclic) bond motifs is 1. The minimum atomic E-state index is -0.867. The lowest BCUT2D eigenvalue weighted by molar-refractivity contribution is -0.127. The second-order valence-electron chi connectivity index (χ2n) is 4.07. The van der Waals surface area contributed by atoms with Gasteiger partial charge in [0.15, 0.2) is 0 Å². The van der Waals surface area contributed by atoms with Crippen molar-refractivity contribution >= 4 is 23.4 Å². The van der Waals surface area contributed by atoms with Crippen molar-refractivity contribution in [1.29, 1.82) is 0 Å². The Morgan fingerprint density at radius 1 is 1.33 bits per heavy atom. The fraction of sp³-hybridized carbons (Fsp3) is 0.250. The Balaban J connectivity index is 2.47. The molecule has 0 fully saturated rings. The number of nitrogen functional groups attached to an aromatic ring is 1. The number of carbonyl (C=O) groups excluding carboxylic acids is 3. The van der Waals surface area contributed by atoms with Crippen LogP contribution in [-0.2, 0) is 4.79 Å². The van der Waals surface area contributed by atoms with E-state index in [-0.39, 0.29) is 16.8 Å². The van der Waals surface area contributed by atoms with Crippen molar-refractivity contribution in [3.8, 4) is 0 Å². The van der Waals surface area contributed by atoms with Gasteiger partial charge in [0.2, 0.25) is 0 Å². The van der Waals surface area contributed by atoms with E-state index in [0.717, 1.165) is 0 Å². The summed E-state index contributed by atoms with van der Waals surface area (Å²) in [5.41, 5.74) is 11.6. The van der Waals surface area contributed by atoms with Gasteiger partial charge < -0.3 is 11.5 Å². The molecule has 2 rings (SSSR count). The van der Waals surface area contributed by atoms with Crippen molar-refractivity contribution in [3.63, 3.8) is 0 Å². The molecule has 6 heteroatoms. The summed E-state index contributed by atoms with van der Waals surface area (Å²) in [7, 11) is 0. The first-order valence-electron chi connectivity index (χ1n) is 5.55. The molecular formula is C12H13N3O3. The van der Waals surface area contributed by atoms with Gasteiger partial charge in [-0.1, -0.05) is 13.0 Å². The quantitative estimate of drug-likeness (QED) is 0.570. The zero-order chi connectivity index (χ0) is 13.4. The third kappa shape index (κ3) is 1.58. The van der Waals surface area contributed by atoms with E-state index < -0.39 is 23.8 Å². The van der Waals surface area contributed by atoms with Gasteiger partial charge >= 0.3 is 0 Å². The van der Waals surface area contributed by atoms with Crippen molar-refractivity contribution in [2.75, 3.05) is 5.73 Å². The fourth-order valence-electron chi connectivity index (χ4n) is 1.85. The monoisotopic (exact) mass is 247 g/mol. The van der Waals surface area contributed by atoms with Gasteiger partial charge in [-0.2, -0.15) is 0 Å². The van der Waals surface area contributed by atoms with E-state index in [1.165, 1.54) is 12.1 Å². The van der Waals surface area contributed by atoms with Crippen molar-refractivity contribution in [2.45, 2.75) is 19.4 Å². The molecule has 6 nitrogen and oxygen atoms in total. The Bertz CT molecular complexity index is 553. The molecule has 0 spiro atoms. The lowest BCUT2D eigenvalue weighted by Crippen LogP contribution is -2.46. The van der Waals surface area contributed by atoms with Crippen molar-refractivity contribution < 1.29 is 14.4 Å². The standard InChI is InChI=1S/C12H13N3O3/c1-2-7(13)11(17)15-10(16)6-4-3-5-8(14)9(6)12(15)18/h3-5,7H,2,13-14H2,1H3. The van der Waals surface area contributed by atoms with Crippen LogP contribution in [0.4, 0.5) is 5.69 Å². The molecule has 18 heavy (non-hydrogen) atoms. The third-order valence-electron chi connectivity index (χ3n) is 2.92. The molecule has 1 heterocycles. The van der Waals surface area contributed by atoms with E-state index in [2.05, 4.69) is 0 Å². The highest BCUT2D eigenvalue weighted by Gasteiger charge is 2.42. The summed E-state index contributed by atoms with van der Waals surface area (Å²) in [6, 6.07) is 3.68. The Labute approximate surface area is 104 Å². The number of hydrogen-bond acceptors (Lipinski definition) is 5. The number of carbonyl (C=O) groups is 3. The molecular weight excluding hydrogens is 234 g/mol. The van der Waals surface area contributed by atoms with E-state index in [1.807, 2.05) is 0 Å². The normalized spacial score (nSPS) is 15.8. The highest BCUT2D eigenvalue weighted by Crippen LogP contribution is 2.27. The summed E-state index contributed by atoms with van der Waals surface area (Å²) >= 11 is 0. The molecule has 0 radical (unpaired) electrons. The zero-order valence-corrected chi connectivity index (χ0v) is 9.84. The van der Waals surface area contributed by atoms with E-state index in [9.17, 15) is 14.4 Å². The van der Waals surface area contributed by atoms with Crippen molar-refractivity contribution in [1.82, 2.24) is 4.90 Å². The Hall–Kier alpha value is -2.21. The van der Waals surface area contributed by atoms with Crippen LogP contribution in [0, 0.1) is 0 Å². The molecule has 0 aliphatic carbocycles. The first kappa shape index (κ1) is 12.3. The minimum Gasteiger partial charge on any atom is -0.398 e. The van der Waals surface area contributed by atoms with Crippen LogP contribution in [0.5, 0.6) is 0 Å². The lowest BCUT2D eigenvalue weighted by atomic mass is 10.1. The van der Waals surface area contributed by atoms with Gasteiger partial charge in [-0.3, -0.25) is 14.4 Å². The number of amides is 3. The van der Waals surface area contributed by atoms with Crippen LogP contribution in [0.15, 0.2) is 18.2 Å². The molecule has 0 saturated heterocycles. The largest absolute Gasteiger partial charge is 0.398 e. The van der Waals surface area contributed by atoms with Gasteiger partial charge in [-0.15, -0.1) is 0 Å². The van der Waals surface area contributed by atoms with E-state index in [1.54, 1.807) is 13.0 Å². The number of imide groups is 3. The topological polar surface area (TPSA) is 106 Å². The molecule has 0 bridgehead atoms. The Morgan fingerprint density at radius 3 is 2.56 bits per heavy atom. The van der Waals surface area contributed by atoms with Crippen LogP contribution in [0.2, 0.25) is 0 Å². The third-order valence-corrected chi connectivity index (χ3v) is 2.92. The van der Waals surface area contributed by atoms with Gasteiger partial charge in [0.25, 0.3) is 17.7 Å². The summed E-state index contributed by atoms with van der Waals surface area (Å²) in [6.45, 7) is 1.70. The van der Waals surface area contributed by atoms with Crippen LogP contribution in [0.3, 0.4) is 0 Å². The van der Waals surface area contributed by atoms with Gasteiger partial charge in [-0.25, -0.2) is 4.90 Å². The smallest absolute Gasteiger partial charge is 0.270 e. The highest BCUT2D eigenvalue weighted by molar-refractivity contribution is 6.31.